The molecule has 0 radical (unpaired) electrons. The molecule has 0 aromatic heterocycles. The smallest absolute Gasteiger partial charge is 0.227 e. The third-order valence-electron chi connectivity index (χ3n) is 5.83. The van der Waals surface area contributed by atoms with Gasteiger partial charge in [0.1, 0.15) is 0 Å². The summed E-state index contributed by atoms with van der Waals surface area (Å²) in [6, 6.07) is 3.78. The van der Waals surface area contributed by atoms with E-state index in [-0.39, 0.29) is 17.7 Å². The Hall–Kier alpha value is -2.24. The molecule has 2 aliphatic rings. The Bertz CT molecular complexity index is 690. The van der Waals surface area contributed by atoms with E-state index in [1.165, 1.54) is 12.8 Å². The normalized spacial score (nSPS) is 17.9. The fourth-order valence-electron chi connectivity index (χ4n) is 4.10. The van der Waals surface area contributed by atoms with E-state index in [0.717, 1.165) is 24.0 Å². The molecule has 1 heterocycles. The van der Waals surface area contributed by atoms with Crippen LogP contribution < -0.4 is 9.47 Å². The molecule has 6 heteroatoms. The van der Waals surface area contributed by atoms with Crippen LogP contribution in [0.2, 0.25) is 0 Å². The number of benzene rings is 1. The van der Waals surface area contributed by atoms with Crippen LogP contribution >= 0.6 is 0 Å². The minimum Gasteiger partial charge on any atom is -0.493 e. The molecule has 2 fully saturated rings. The second kappa shape index (κ2) is 8.63. The zero-order valence-electron chi connectivity index (χ0n) is 16.6. The molecule has 1 aromatic rings. The number of carbonyl (C=O) groups is 2. The minimum absolute atomic E-state index is 0.0956. The molecule has 0 bridgehead atoms. The van der Waals surface area contributed by atoms with Crippen LogP contribution in [0.3, 0.4) is 0 Å². The average Bonchev–Trinajstić information content (AvgIpc) is 3.23. The number of aryl methyl sites for hydroxylation is 1. The maximum Gasteiger partial charge on any atom is 0.227 e. The van der Waals surface area contributed by atoms with Crippen LogP contribution in [0, 0.1) is 12.8 Å². The highest BCUT2D eigenvalue weighted by Gasteiger charge is 2.30. The molecule has 1 saturated heterocycles. The third-order valence-corrected chi connectivity index (χ3v) is 5.83. The number of ether oxygens (including phenoxy) is 2. The van der Waals surface area contributed by atoms with Gasteiger partial charge in [0.25, 0.3) is 0 Å². The van der Waals surface area contributed by atoms with Crippen LogP contribution in [0.4, 0.5) is 0 Å². The largest absolute Gasteiger partial charge is 0.493 e. The average molecular weight is 374 g/mol. The lowest BCUT2D eigenvalue weighted by molar-refractivity contribution is -0.141. The highest BCUT2D eigenvalue weighted by atomic mass is 16.5. The van der Waals surface area contributed by atoms with Gasteiger partial charge in [0.2, 0.25) is 11.8 Å². The summed E-state index contributed by atoms with van der Waals surface area (Å²) in [6.45, 7) is 4.49. The predicted octanol–water partition coefficient (Wildman–Crippen LogP) is 2.42. The standard InChI is InChI=1S/C21H30N2O4/c1-15-12-18(26-2)19(27-3)13-17(15)14-20(24)22-8-10-23(11-9-22)21(25)16-6-4-5-7-16/h12-13,16H,4-11,14H2,1-3H3. The summed E-state index contributed by atoms with van der Waals surface area (Å²) in [5.41, 5.74) is 1.96. The maximum atomic E-state index is 12.8. The van der Waals surface area contributed by atoms with Gasteiger partial charge >= 0.3 is 0 Å². The Kier molecular flexibility index (Phi) is 6.24. The summed E-state index contributed by atoms with van der Waals surface area (Å²) in [4.78, 5) is 29.1. The fourth-order valence-corrected chi connectivity index (χ4v) is 4.10. The molecule has 1 aromatic carbocycles. The first-order chi connectivity index (χ1) is 13.0. The lowest BCUT2D eigenvalue weighted by atomic mass is 10.0. The van der Waals surface area contributed by atoms with Crippen molar-refractivity contribution in [3.8, 4) is 11.5 Å². The number of carbonyl (C=O) groups excluding carboxylic acids is 2. The molecule has 0 N–H and O–H groups in total. The van der Waals surface area contributed by atoms with Crippen LogP contribution in [0.1, 0.15) is 36.8 Å². The highest BCUT2D eigenvalue weighted by Crippen LogP contribution is 2.31. The third kappa shape index (κ3) is 4.37. The van der Waals surface area contributed by atoms with E-state index in [9.17, 15) is 9.59 Å². The molecule has 0 atom stereocenters. The van der Waals surface area contributed by atoms with Crippen LogP contribution in [-0.2, 0) is 16.0 Å². The Balaban J connectivity index is 1.57. The molecule has 1 aliphatic heterocycles. The van der Waals surface area contributed by atoms with Crippen molar-refractivity contribution in [1.29, 1.82) is 0 Å². The van der Waals surface area contributed by atoms with E-state index in [1.54, 1.807) is 14.2 Å². The Morgan fingerprint density at radius 3 is 2.11 bits per heavy atom. The maximum absolute atomic E-state index is 12.8. The lowest BCUT2D eigenvalue weighted by Crippen LogP contribution is -2.52. The van der Waals surface area contributed by atoms with Gasteiger partial charge in [0.15, 0.2) is 11.5 Å². The molecule has 27 heavy (non-hydrogen) atoms. The number of methoxy groups -OCH3 is 2. The summed E-state index contributed by atoms with van der Waals surface area (Å²) in [6.07, 6.45) is 4.72. The van der Waals surface area contributed by atoms with Crippen LogP contribution in [-0.4, -0.2) is 62.0 Å². The summed E-state index contributed by atoms with van der Waals surface area (Å²) in [7, 11) is 3.20. The van der Waals surface area contributed by atoms with Gasteiger partial charge in [0, 0.05) is 32.1 Å². The summed E-state index contributed by atoms with van der Waals surface area (Å²) in [5, 5.41) is 0. The topological polar surface area (TPSA) is 59.1 Å². The van der Waals surface area contributed by atoms with Crippen molar-refractivity contribution in [1.82, 2.24) is 9.80 Å². The number of hydrogen-bond donors (Lipinski definition) is 0. The van der Waals surface area contributed by atoms with Gasteiger partial charge < -0.3 is 19.3 Å². The quantitative estimate of drug-likeness (QED) is 0.794. The van der Waals surface area contributed by atoms with E-state index in [1.807, 2.05) is 28.9 Å². The fraction of sp³-hybridized carbons (Fsp3) is 0.619. The molecule has 148 valence electrons. The number of amides is 2. The van der Waals surface area contributed by atoms with Crippen LogP contribution in [0.25, 0.3) is 0 Å². The number of rotatable bonds is 5. The van der Waals surface area contributed by atoms with E-state index < -0.39 is 0 Å². The summed E-state index contributed by atoms with van der Waals surface area (Å²) < 4.78 is 10.7. The first-order valence-electron chi connectivity index (χ1n) is 9.81. The molecule has 6 nitrogen and oxygen atoms in total. The van der Waals surface area contributed by atoms with E-state index >= 15 is 0 Å². The van der Waals surface area contributed by atoms with Crippen molar-refractivity contribution in [2.75, 3.05) is 40.4 Å². The van der Waals surface area contributed by atoms with Gasteiger partial charge in [-0.1, -0.05) is 12.8 Å². The summed E-state index contributed by atoms with van der Waals surface area (Å²) >= 11 is 0. The first kappa shape index (κ1) is 19.5. The predicted molar refractivity (Wildman–Crippen MR) is 103 cm³/mol. The zero-order valence-corrected chi connectivity index (χ0v) is 16.6. The Morgan fingerprint density at radius 2 is 1.52 bits per heavy atom. The summed E-state index contributed by atoms with van der Waals surface area (Å²) in [5.74, 6) is 1.90. The van der Waals surface area contributed by atoms with E-state index in [4.69, 9.17) is 9.47 Å². The van der Waals surface area contributed by atoms with Crippen molar-refractivity contribution in [2.45, 2.75) is 39.0 Å². The first-order valence-corrected chi connectivity index (χ1v) is 9.81. The molecule has 0 unspecified atom stereocenters. The molecular weight excluding hydrogens is 344 g/mol. The van der Waals surface area contributed by atoms with Crippen molar-refractivity contribution < 1.29 is 19.1 Å². The molecule has 2 amide bonds. The van der Waals surface area contributed by atoms with Crippen molar-refractivity contribution in [2.24, 2.45) is 5.92 Å². The van der Waals surface area contributed by atoms with Gasteiger partial charge in [-0.3, -0.25) is 9.59 Å². The number of piperazine rings is 1. The second-order valence-electron chi connectivity index (χ2n) is 7.50. The van der Waals surface area contributed by atoms with Crippen molar-refractivity contribution in [3.05, 3.63) is 23.3 Å². The number of nitrogens with zero attached hydrogens (tertiary/aromatic N) is 2. The van der Waals surface area contributed by atoms with E-state index in [2.05, 4.69) is 0 Å². The molecule has 3 rings (SSSR count). The van der Waals surface area contributed by atoms with Crippen LogP contribution in [0.5, 0.6) is 11.5 Å². The van der Waals surface area contributed by atoms with Gasteiger partial charge in [-0.05, 0) is 43.0 Å². The minimum atomic E-state index is 0.0956. The van der Waals surface area contributed by atoms with Gasteiger partial charge in [-0.15, -0.1) is 0 Å². The Labute approximate surface area is 161 Å². The van der Waals surface area contributed by atoms with Gasteiger partial charge in [-0.25, -0.2) is 0 Å². The lowest BCUT2D eigenvalue weighted by Gasteiger charge is -2.36. The van der Waals surface area contributed by atoms with Crippen LogP contribution in [0.15, 0.2) is 12.1 Å². The second-order valence-corrected chi connectivity index (χ2v) is 7.50. The molecule has 1 aliphatic carbocycles. The van der Waals surface area contributed by atoms with Crippen molar-refractivity contribution in [3.63, 3.8) is 0 Å². The SMILES string of the molecule is COc1cc(C)c(CC(=O)N2CCN(C(=O)C3CCCC3)CC2)cc1OC. The number of hydrogen-bond acceptors (Lipinski definition) is 4. The van der Waals surface area contributed by atoms with Crippen molar-refractivity contribution >= 4 is 11.8 Å². The monoisotopic (exact) mass is 374 g/mol. The zero-order chi connectivity index (χ0) is 19.4. The van der Waals surface area contributed by atoms with Gasteiger partial charge in [-0.2, -0.15) is 0 Å². The highest BCUT2D eigenvalue weighted by molar-refractivity contribution is 5.81. The Morgan fingerprint density at radius 1 is 0.963 bits per heavy atom. The molecule has 0 spiro atoms. The van der Waals surface area contributed by atoms with Gasteiger partial charge in [0.05, 0.1) is 20.6 Å². The molecular formula is C21H30N2O4. The van der Waals surface area contributed by atoms with E-state index in [0.29, 0.717) is 44.1 Å². The molecule has 1 saturated carbocycles.